The molecule has 0 spiro atoms. The molecule has 2 atom stereocenters. The number of nitrogens with one attached hydrogen (secondary N) is 1. The normalized spacial score (nSPS) is 24.6. The van der Waals surface area contributed by atoms with Crippen molar-refractivity contribution >= 4 is 18.3 Å². The second-order valence-electron chi connectivity index (χ2n) is 4.07. The highest BCUT2D eigenvalue weighted by Gasteiger charge is 2.21. The summed E-state index contributed by atoms with van der Waals surface area (Å²) in [6.07, 6.45) is 5.53. The average molecular weight is 245 g/mol. The van der Waals surface area contributed by atoms with E-state index in [4.69, 9.17) is 10.2 Å². The summed E-state index contributed by atoms with van der Waals surface area (Å²) in [4.78, 5) is 11.6. The van der Waals surface area contributed by atoms with Crippen LogP contribution in [-0.4, -0.2) is 18.0 Å². The molecule has 2 unspecified atom stereocenters. The molecule has 1 fully saturated rings. The summed E-state index contributed by atoms with van der Waals surface area (Å²) in [5.74, 6) is 0.230. The molecule has 4 nitrogen and oxygen atoms in total. The van der Waals surface area contributed by atoms with Crippen molar-refractivity contribution in [2.45, 2.75) is 37.8 Å². The van der Waals surface area contributed by atoms with Gasteiger partial charge in [-0.2, -0.15) is 0 Å². The smallest absolute Gasteiger partial charge is 0.287 e. The topological polar surface area (TPSA) is 68.3 Å². The summed E-state index contributed by atoms with van der Waals surface area (Å²) in [7, 11) is 0. The highest BCUT2D eigenvalue weighted by molar-refractivity contribution is 5.91. The Morgan fingerprint density at radius 1 is 1.50 bits per heavy atom. The minimum Gasteiger partial charge on any atom is -0.459 e. The van der Waals surface area contributed by atoms with Gasteiger partial charge in [0.2, 0.25) is 0 Å². The van der Waals surface area contributed by atoms with Gasteiger partial charge in [-0.15, -0.1) is 12.4 Å². The number of carbonyl (C=O) groups excluding carboxylic acids is 1. The van der Waals surface area contributed by atoms with Crippen molar-refractivity contribution < 1.29 is 9.21 Å². The Balaban J connectivity index is 0.00000128. The fourth-order valence-corrected chi connectivity index (χ4v) is 2.02. The lowest BCUT2D eigenvalue weighted by atomic mass is 9.91. The van der Waals surface area contributed by atoms with E-state index in [0.717, 1.165) is 25.7 Å². The van der Waals surface area contributed by atoms with Gasteiger partial charge in [0.05, 0.1) is 6.26 Å². The van der Waals surface area contributed by atoms with Gasteiger partial charge in [-0.1, -0.05) is 0 Å². The number of furan rings is 1. The maximum atomic E-state index is 11.6. The predicted octanol–water partition coefficient (Wildman–Crippen LogP) is 1.70. The van der Waals surface area contributed by atoms with Gasteiger partial charge in [-0.05, 0) is 37.8 Å². The molecule has 1 aromatic rings. The summed E-state index contributed by atoms with van der Waals surface area (Å²) < 4.78 is 5.02. The number of hydrogen-bond donors (Lipinski definition) is 2. The zero-order valence-electron chi connectivity index (χ0n) is 9.02. The van der Waals surface area contributed by atoms with E-state index in [1.165, 1.54) is 6.26 Å². The number of halogens is 1. The fraction of sp³-hybridized carbons (Fsp3) is 0.545. The molecule has 0 saturated heterocycles. The minimum absolute atomic E-state index is 0. The van der Waals surface area contributed by atoms with Crippen molar-refractivity contribution in [2.75, 3.05) is 0 Å². The third-order valence-corrected chi connectivity index (χ3v) is 2.79. The molecule has 1 aromatic heterocycles. The summed E-state index contributed by atoms with van der Waals surface area (Å²) in [6.45, 7) is 0. The van der Waals surface area contributed by atoms with Gasteiger partial charge in [-0.3, -0.25) is 4.79 Å². The monoisotopic (exact) mass is 244 g/mol. The number of rotatable bonds is 2. The third-order valence-electron chi connectivity index (χ3n) is 2.79. The molecular weight excluding hydrogens is 228 g/mol. The number of amides is 1. The maximum absolute atomic E-state index is 11.6. The summed E-state index contributed by atoms with van der Waals surface area (Å²) in [5.41, 5.74) is 5.84. The van der Waals surface area contributed by atoms with Crippen LogP contribution in [0.4, 0.5) is 0 Å². The molecular formula is C11H17ClN2O2. The molecule has 3 N–H and O–H groups in total. The van der Waals surface area contributed by atoms with Crippen LogP contribution in [0.3, 0.4) is 0 Å². The zero-order chi connectivity index (χ0) is 10.7. The van der Waals surface area contributed by atoms with Gasteiger partial charge in [0.25, 0.3) is 5.91 Å². The Morgan fingerprint density at radius 2 is 2.31 bits per heavy atom. The molecule has 0 aliphatic heterocycles. The van der Waals surface area contributed by atoms with Crippen LogP contribution in [0.1, 0.15) is 36.2 Å². The molecule has 90 valence electrons. The SMILES string of the molecule is Cl.NC1CCCC(NC(=O)c2ccco2)C1. The van der Waals surface area contributed by atoms with Gasteiger partial charge >= 0.3 is 0 Å². The minimum atomic E-state index is -0.140. The van der Waals surface area contributed by atoms with Gasteiger partial charge < -0.3 is 15.5 Å². The van der Waals surface area contributed by atoms with Crippen LogP contribution in [0.25, 0.3) is 0 Å². The highest BCUT2D eigenvalue weighted by Crippen LogP contribution is 2.17. The Morgan fingerprint density at radius 3 is 2.94 bits per heavy atom. The van der Waals surface area contributed by atoms with Crippen LogP contribution >= 0.6 is 12.4 Å². The van der Waals surface area contributed by atoms with Crippen molar-refractivity contribution in [3.05, 3.63) is 24.2 Å². The zero-order valence-corrected chi connectivity index (χ0v) is 9.83. The third kappa shape index (κ3) is 3.25. The van der Waals surface area contributed by atoms with E-state index in [1.54, 1.807) is 12.1 Å². The lowest BCUT2D eigenvalue weighted by Gasteiger charge is -2.26. The van der Waals surface area contributed by atoms with Crippen LogP contribution < -0.4 is 11.1 Å². The highest BCUT2D eigenvalue weighted by atomic mass is 35.5. The summed E-state index contributed by atoms with van der Waals surface area (Å²) >= 11 is 0. The van der Waals surface area contributed by atoms with Crippen LogP contribution in [-0.2, 0) is 0 Å². The van der Waals surface area contributed by atoms with Gasteiger partial charge in [0.15, 0.2) is 5.76 Å². The number of carbonyl (C=O) groups is 1. The maximum Gasteiger partial charge on any atom is 0.287 e. The second-order valence-corrected chi connectivity index (χ2v) is 4.07. The van der Waals surface area contributed by atoms with E-state index in [2.05, 4.69) is 5.32 Å². The first-order valence-corrected chi connectivity index (χ1v) is 5.35. The summed E-state index contributed by atoms with van der Waals surface area (Å²) in [5, 5.41) is 2.94. The van der Waals surface area contributed by atoms with Gasteiger partial charge in [0, 0.05) is 12.1 Å². The van der Waals surface area contributed by atoms with Crippen molar-refractivity contribution in [3.8, 4) is 0 Å². The molecule has 2 rings (SSSR count). The molecule has 0 aromatic carbocycles. The van der Waals surface area contributed by atoms with Gasteiger partial charge in [-0.25, -0.2) is 0 Å². The molecule has 1 aliphatic rings. The van der Waals surface area contributed by atoms with E-state index >= 15 is 0 Å². The Labute approximate surface area is 101 Å². The van der Waals surface area contributed by atoms with E-state index in [9.17, 15) is 4.79 Å². The van der Waals surface area contributed by atoms with E-state index in [1.807, 2.05) is 0 Å². The van der Waals surface area contributed by atoms with Crippen LogP contribution in [0.15, 0.2) is 22.8 Å². The van der Waals surface area contributed by atoms with E-state index in [0.29, 0.717) is 5.76 Å². The molecule has 5 heteroatoms. The molecule has 0 bridgehead atoms. The average Bonchev–Trinajstić information content (AvgIpc) is 2.70. The number of nitrogens with two attached hydrogens (primary N) is 1. The largest absolute Gasteiger partial charge is 0.459 e. The lowest BCUT2D eigenvalue weighted by molar-refractivity contribution is 0.0897. The van der Waals surface area contributed by atoms with Crippen molar-refractivity contribution in [1.29, 1.82) is 0 Å². The van der Waals surface area contributed by atoms with Gasteiger partial charge in [0.1, 0.15) is 0 Å². The fourth-order valence-electron chi connectivity index (χ4n) is 2.02. The van der Waals surface area contributed by atoms with Crippen LogP contribution in [0, 0.1) is 0 Å². The van der Waals surface area contributed by atoms with Crippen LogP contribution in [0.5, 0.6) is 0 Å². The Hall–Kier alpha value is -1.00. The van der Waals surface area contributed by atoms with E-state index < -0.39 is 0 Å². The van der Waals surface area contributed by atoms with Crippen molar-refractivity contribution in [1.82, 2.24) is 5.32 Å². The standard InChI is InChI=1S/C11H16N2O2.ClH/c12-8-3-1-4-9(7-8)13-11(14)10-5-2-6-15-10;/h2,5-6,8-9H,1,3-4,7,12H2,(H,13,14);1H. The predicted molar refractivity (Wildman–Crippen MR) is 63.7 cm³/mol. The van der Waals surface area contributed by atoms with Crippen molar-refractivity contribution in [3.63, 3.8) is 0 Å². The molecule has 16 heavy (non-hydrogen) atoms. The Bertz CT molecular complexity index is 327. The van der Waals surface area contributed by atoms with Crippen molar-refractivity contribution in [2.24, 2.45) is 5.73 Å². The molecule has 1 amide bonds. The summed E-state index contributed by atoms with van der Waals surface area (Å²) in [6, 6.07) is 3.80. The molecule has 1 saturated carbocycles. The first-order valence-electron chi connectivity index (χ1n) is 5.35. The van der Waals surface area contributed by atoms with E-state index in [-0.39, 0.29) is 30.4 Å². The molecule has 0 radical (unpaired) electrons. The van der Waals surface area contributed by atoms with Crippen LogP contribution in [0.2, 0.25) is 0 Å². The molecule has 1 aliphatic carbocycles. The second kappa shape index (κ2) is 5.92. The quantitative estimate of drug-likeness (QED) is 0.832. The lowest BCUT2D eigenvalue weighted by Crippen LogP contribution is -2.42. The number of hydrogen-bond acceptors (Lipinski definition) is 3. The molecule has 1 heterocycles. The Kier molecular flexibility index (Phi) is 4.83. The first-order chi connectivity index (χ1) is 7.25. The first kappa shape index (κ1) is 13.1.